The molecule has 1 aromatic heterocycles. The van der Waals surface area contributed by atoms with E-state index in [9.17, 15) is 9.90 Å². The van der Waals surface area contributed by atoms with Gasteiger partial charge < -0.3 is 20.2 Å². The Kier molecular flexibility index (Phi) is 3.84. The van der Waals surface area contributed by atoms with E-state index in [0.717, 1.165) is 15.7 Å². The van der Waals surface area contributed by atoms with Gasteiger partial charge >= 0.3 is 0 Å². The molecule has 2 aromatic rings. The Morgan fingerprint density at radius 1 is 1.33 bits per heavy atom. The highest BCUT2D eigenvalue weighted by molar-refractivity contribution is 9.10. The maximum absolute atomic E-state index is 10.5. The van der Waals surface area contributed by atoms with Crippen LogP contribution in [-0.4, -0.2) is 10.5 Å². The molecule has 1 heterocycles. The van der Waals surface area contributed by atoms with Gasteiger partial charge in [-0.05, 0) is 30.3 Å². The quantitative estimate of drug-likeness (QED) is 0.901. The van der Waals surface area contributed by atoms with Gasteiger partial charge in [0, 0.05) is 40.5 Å². The van der Waals surface area contributed by atoms with E-state index < -0.39 is 5.97 Å². The maximum Gasteiger partial charge on any atom is 0.117 e. The van der Waals surface area contributed by atoms with Crippen molar-refractivity contribution in [3.63, 3.8) is 0 Å². The van der Waals surface area contributed by atoms with E-state index in [4.69, 9.17) is 0 Å². The van der Waals surface area contributed by atoms with Crippen molar-refractivity contribution in [3.05, 3.63) is 52.8 Å². The lowest BCUT2D eigenvalue weighted by molar-refractivity contribution is -0.430. The van der Waals surface area contributed by atoms with Crippen LogP contribution in [0.15, 0.2) is 47.2 Å². The summed E-state index contributed by atoms with van der Waals surface area (Å²) in [5, 5.41) is 10.5. The highest BCUT2D eigenvalue weighted by Crippen LogP contribution is 2.18. The normalized spacial score (nSPS) is 12.3. The summed E-state index contributed by atoms with van der Waals surface area (Å²) < 4.78 is 2.96. The summed E-state index contributed by atoms with van der Waals surface area (Å²) in [5.74, 6) is -1.08. The van der Waals surface area contributed by atoms with Crippen molar-refractivity contribution in [1.29, 1.82) is 0 Å². The lowest BCUT2D eigenvalue weighted by atomic mass is 10.1. The van der Waals surface area contributed by atoms with E-state index >= 15 is 0 Å². The smallest absolute Gasteiger partial charge is 0.117 e. The number of carbonyl (C=O) groups is 1. The summed E-state index contributed by atoms with van der Waals surface area (Å²) in [6, 6.07) is 9.46. The minimum Gasteiger partial charge on any atom is -0.550 e. The van der Waals surface area contributed by atoms with E-state index in [1.807, 2.05) is 47.3 Å². The first-order chi connectivity index (χ1) is 8.56. The first-order valence-electron chi connectivity index (χ1n) is 5.53. The fourth-order valence-electron chi connectivity index (χ4n) is 1.75. The minimum absolute atomic E-state index is 0.0651. The van der Waals surface area contributed by atoms with Crippen molar-refractivity contribution in [2.45, 2.75) is 12.5 Å². The standard InChI is InChI=1S/C13H13BrN2O2/c14-10-1-3-11(4-2-10)16-6-5-9(8-16)12(15)7-13(17)18/h1-6,8,12H,7,15H2,(H,17,18)/t12-/m0/s1. The highest BCUT2D eigenvalue weighted by atomic mass is 79.9. The molecule has 0 spiro atoms. The maximum atomic E-state index is 10.5. The fraction of sp³-hybridized carbons (Fsp3) is 0.154. The molecule has 0 unspecified atom stereocenters. The molecule has 0 fully saturated rings. The number of rotatable bonds is 4. The number of halogens is 1. The number of hydrogen-bond acceptors (Lipinski definition) is 2. The molecular weight excluding hydrogens is 296 g/mol. The Labute approximate surface area is 113 Å². The van der Waals surface area contributed by atoms with Crippen molar-refractivity contribution in [3.8, 4) is 5.69 Å². The van der Waals surface area contributed by atoms with Crippen LogP contribution in [0.2, 0.25) is 0 Å². The van der Waals surface area contributed by atoms with Crippen LogP contribution in [0.25, 0.3) is 5.69 Å². The lowest BCUT2D eigenvalue weighted by Crippen LogP contribution is -2.55. The van der Waals surface area contributed by atoms with E-state index in [1.165, 1.54) is 0 Å². The molecule has 18 heavy (non-hydrogen) atoms. The zero-order valence-electron chi connectivity index (χ0n) is 9.67. The SMILES string of the molecule is [NH3+][C@@H](CC(=O)[O-])c1ccn(-c2ccc(Br)cc2)c1. The van der Waals surface area contributed by atoms with Crippen LogP contribution in [0.1, 0.15) is 18.0 Å². The number of aromatic nitrogens is 1. The summed E-state index contributed by atoms with van der Waals surface area (Å²) in [6.07, 6.45) is 3.72. The van der Waals surface area contributed by atoms with E-state index in [-0.39, 0.29) is 12.5 Å². The average molecular weight is 309 g/mol. The van der Waals surface area contributed by atoms with Crippen LogP contribution in [0, 0.1) is 0 Å². The van der Waals surface area contributed by atoms with Crippen LogP contribution >= 0.6 is 15.9 Å². The minimum atomic E-state index is -1.08. The Bertz CT molecular complexity index is 548. The Morgan fingerprint density at radius 2 is 2.00 bits per heavy atom. The van der Waals surface area contributed by atoms with Gasteiger partial charge in [-0.25, -0.2) is 0 Å². The molecule has 1 aromatic carbocycles. The zero-order valence-corrected chi connectivity index (χ0v) is 11.3. The number of carboxylic acids is 1. The molecule has 0 radical (unpaired) electrons. The first-order valence-corrected chi connectivity index (χ1v) is 6.32. The summed E-state index contributed by atoms with van der Waals surface area (Å²) in [7, 11) is 0. The number of carboxylic acid groups (broad SMARTS) is 1. The van der Waals surface area contributed by atoms with Crippen LogP contribution in [-0.2, 0) is 4.79 Å². The zero-order chi connectivity index (χ0) is 13.1. The molecule has 5 heteroatoms. The molecule has 2 rings (SSSR count). The van der Waals surface area contributed by atoms with Crippen LogP contribution in [0.4, 0.5) is 0 Å². The van der Waals surface area contributed by atoms with Crippen LogP contribution in [0.3, 0.4) is 0 Å². The number of benzene rings is 1. The molecule has 0 aliphatic heterocycles. The number of quaternary nitrogens is 1. The fourth-order valence-corrected chi connectivity index (χ4v) is 2.01. The van der Waals surface area contributed by atoms with Crippen molar-refractivity contribution in [2.24, 2.45) is 0 Å². The van der Waals surface area contributed by atoms with Crippen molar-refractivity contribution in [1.82, 2.24) is 4.57 Å². The first kappa shape index (κ1) is 12.9. The van der Waals surface area contributed by atoms with Gasteiger partial charge in [-0.3, -0.25) is 0 Å². The highest BCUT2D eigenvalue weighted by Gasteiger charge is 2.11. The van der Waals surface area contributed by atoms with Gasteiger partial charge in [0.25, 0.3) is 0 Å². The molecule has 0 aliphatic carbocycles. The second-order valence-electron chi connectivity index (χ2n) is 4.10. The van der Waals surface area contributed by atoms with E-state index in [1.54, 1.807) is 0 Å². The molecule has 0 bridgehead atoms. The summed E-state index contributed by atoms with van der Waals surface area (Å²) in [5.41, 5.74) is 5.74. The summed E-state index contributed by atoms with van der Waals surface area (Å²) in [4.78, 5) is 10.5. The molecule has 4 nitrogen and oxygen atoms in total. The molecule has 1 atom stereocenters. The van der Waals surface area contributed by atoms with Crippen molar-refractivity contribution in [2.75, 3.05) is 0 Å². The second-order valence-corrected chi connectivity index (χ2v) is 5.02. The van der Waals surface area contributed by atoms with Crippen molar-refractivity contribution >= 4 is 21.9 Å². The molecule has 0 saturated carbocycles. The van der Waals surface area contributed by atoms with E-state index in [2.05, 4.69) is 21.7 Å². The lowest BCUT2D eigenvalue weighted by Gasteiger charge is -2.07. The Balaban J connectivity index is 2.19. The largest absolute Gasteiger partial charge is 0.550 e. The predicted octanol–water partition coefficient (Wildman–Crippen LogP) is 0.663. The molecule has 0 amide bonds. The topological polar surface area (TPSA) is 72.7 Å². The average Bonchev–Trinajstić information content (AvgIpc) is 2.78. The Hall–Kier alpha value is -1.59. The van der Waals surface area contributed by atoms with Crippen LogP contribution < -0.4 is 10.8 Å². The van der Waals surface area contributed by atoms with Gasteiger partial charge in [-0.2, -0.15) is 0 Å². The van der Waals surface area contributed by atoms with Gasteiger partial charge in [0.15, 0.2) is 0 Å². The number of hydrogen-bond donors (Lipinski definition) is 1. The third-order valence-electron chi connectivity index (χ3n) is 2.72. The van der Waals surface area contributed by atoms with Gasteiger partial charge in [0.05, 0.1) is 0 Å². The van der Waals surface area contributed by atoms with Gasteiger partial charge in [-0.15, -0.1) is 0 Å². The predicted molar refractivity (Wildman–Crippen MR) is 68.7 cm³/mol. The molecule has 3 N–H and O–H groups in total. The molecule has 94 valence electrons. The molecular formula is C13H13BrN2O2. The monoisotopic (exact) mass is 308 g/mol. The number of aliphatic carboxylic acids is 1. The third kappa shape index (κ3) is 3.00. The summed E-state index contributed by atoms with van der Waals surface area (Å²) in [6.45, 7) is 0. The van der Waals surface area contributed by atoms with Crippen LogP contribution in [0.5, 0.6) is 0 Å². The molecule has 0 aliphatic rings. The second kappa shape index (κ2) is 5.37. The van der Waals surface area contributed by atoms with Gasteiger partial charge in [-0.1, -0.05) is 15.9 Å². The summed E-state index contributed by atoms with van der Waals surface area (Å²) >= 11 is 3.38. The Morgan fingerprint density at radius 3 is 2.61 bits per heavy atom. The number of carbonyl (C=O) groups excluding carboxylic acids is 1. The van der Waals surface area contributed by atoms with Crippen molar-refractivity contribution < 1.29 is 15.6 Å². The van der Waals surface area contributed by atoms with Gasteiger partial charge in [0.2, 0.25) is 0 Å². The third-order valence-corrected chi connectivity index (χ3v) is 3.25. The number of nitrogens with zero attached hydrogens (tertiary/aromatic N) is 1. The van der Waals surface area contributed by atoms with Gasteiger partial charge in [0.1, 0.15) is 6.04 Å². The van der Waals surface area contributed by atoms with E-state index in [0.29, 0.717) is 0 Å². The molecule has 0 saturated heterocycles.